The number of fused-ring (bicyclic) bond motifs is 2. The Morgan fingerprint density at radius 1 is 1.04 bits per heavy atom. The van der Waals surface area contributed by atoms with Crippen molar-refractivity contribution in [3.63, 3.8) is 0 Å². The third-order valence-electron chi connectivity index (χ3n) is 4.69. The van der Waals surface area contributed by atoms with Gasteiger partial charge in [0.05, 0.1) is 11.8 Å². The Labute approximate surface area is 133 Å². The Bertz CT molecular complexity index is 680. The van der Waals surface area contributed by atoms with Crippen molar-refractivity contribution in [2.24, 2.45) is 23.7 Å². The maximum Gasteiger partial charge on any atom is 0.307 e. The van der Waals surface area contributed by atoms with E-state index in [4.69, 9.17) is 0 Å². The lowest BCUT2D eigenvalue weighted by Gasteiger charge is -2.23. The summed E-state index contributed by atoms with van der Waals surface area (Å²) in [6.45, 7) is 0. The molecule has 6 heteroatoms. The summed E-state index contributed by atoms with van der Waals surface area (Å²) in [7, 11) is 1.55. The minimum atomic E-state index is -0.919. The molecule has 23 heavy (non-hydrogen) atoms. The SMILES string of the molecule is CNC(=O)c1ccc(NC(=O)C2C3C=CC(C3)C2C(=O)O)cc1. The van der Waals surface area contributed by atoms with Gasteiger partial charge in [0.25, 0.3) is 5.91 Å². The van der Waals surface area contributed by atoms with Crippen molar-refractivity contribution in [3.8, 4) is 0 Å². The molecule has 0 saturated heterocycles. The average Bonchev–Trinajstić information content (AvgIpc) is 3.15. The highest BCUT2D eigenvalue weighted by atomic mass is 16.4. The third-order valence-corrected chi connectivity index (χ3v) is 4.69. The zero-order valence-electron chi connectivity index (χ0n) is 12.7. The number of anilines is 1. The first-order valence-electron chi connectivity index (χ1n) is 7.55. The van der Waals surface area contributed by atoms with Crippen molar-refractivity contribution in [2.75, 3.05) is 12.4 Å². The highest BCUT2D eigenvalue weighted by Crippen LogP contribution is 2.48. The second-order valence-electron chi connectivity index (χ2n) is 5.98. The summed E-state index contributed by atoms with van der Waals surface area (Å²) in [5, 5.41) is 14.7. The number of rotatable bonds is 4. The van der Waals surface area contributed by atoms with Crippen molar-refractivity contribution < 1.29 is 19.5 Å². The first-order valence-corrected chi connectivity index (χ1v) is 7.55. The Morgan fingerprint density at radius 3 is 2.22 bits per heavy atom. The molecule has 1 aromatic carbocycles. The minimum absolute atomic E-state index is 0.00811. The second-order valence-corrected chi connectivity index (χ2v) is 5.98. The van der Waals surface area contributed by atoms with E-state index in [2.05, 4.69) is 10.6 Å². The zero-order chi connectivity index (χ0) is 16.6. The highest BCUT2D eigenvalue weighted by molar-refractivity contribution is 5.98. The van der Waals surface area contributed by atoms with Crippen LogP contribution in [0.1, 0.15) is 16.8 Å². The number of carboxylic acid groups (broad SMARTS) is 1. The van der Waals surface area contributed by atoms with E-state index in [9.17, 15) is 19.5 Å². The monoisotopic (exact) mass is 314 g/mol. The molecule has 2 aliphatic rings. The number of hydrogen-bond donors (Lipinski definition) is 3. The summed E-state index contributed by atoms with van der Waals surface area (Å²) < 4.78 is 0. The lowest BCUT2D eigenvalue weighted by atomic mass is 9.82. The van der Waals surface area contributed by atoms with Crippen molar-refractivity contribution in [1.82, 2.24) is 5.32 Å². The zero-order valence-corrected chi connectivity index (χ0v) is 12.7. The molecule has 1 aromatic rings. The Balaban J connectivity index is 1.73. The largest absolute Gasteiger partial charge is 0.481 e. The van der Waals surface area contributed by atoms with E-state index in [1.54, 1.807) is 31.3 Å². The van der Waals surface area contributed by atoms with Crippen molar-refractivity contribution in [3.05, 3.63) is 42.0 Å². The van der Waals surface area contributed by atoms with Crippen LogP contribution in [0.5, 0.6) is 0 Å². The molecule has 0 aromatic heterocycles. The lowest BCUT2D eigenvalue weighted by molar-refractivity contribution is -0.146. The Morgan fingerprint density at radius 2 is 1.65 bits per heavy atom. The van der Waals surface area contributed by atoms with E-state index >= 15 is 0 Å². The maximum atomic E-state index is 12.5. The number of carbonyl (C=O) groups is 3. The van der Waals surface area contributed by atoms with Crippen LogP contribution in [0.15, 0.2) is 36.4 Å². The molecule has 4 unspecified atom stereocenters. The van der Waals surface area contributed by atoms with Crippen molar-refractivity contribution >= 4 is 23.5 Å². The number of benzene rings is 1. The molecule has 0 heterocycles. The predicted octanol–water partition coefficient (Wildman–Crippen LogP) is 1.51. The first kappa shape index (κ1) is 15.3. The standard InChI is InChI=1S/C17H18N2O4/c1-18-15(20)9-4-6-12(7-5-9)19-16(21)13-10-2-3-11(8-10)14(13)17(22)23/h2-7,10-11,13-14H,8H2,1H3,(H,18,20)(H,19,21)(H,22,23). The van der Waals surface area contributed by atoms with Crippen LogP contribution in [0.2, 0.25) is 0 Å². The van der Waals surface area contributed by atoms with Crippen LogP contribution in [0.3, 0.4) is 0 Å². The fourth-order valence-corrected chi connectivity index (χ4v) is 3.59. The van der Waals surface area contributed by atoms with Gasteiger partial charge in [0.1, 0.15) is 0 Å². The summed E-state index contributed by atoms with van der Waals surface area (Å²) in [5.41, 5.74) is 1.05. The van der Waals surface area contributed by atoms with Gasteiger partial charge in [-0.3, -0.25) is 14.4 Å². The first-order chi connectivity index (χ1) is 11.0. The van der Waals surface area contributed by atoms with Crippen LogP contribution in [0.4, 0.5) is 5.69 Å². The Kier molecular flexibility index (Phi) is 3.90. The molecule has 2 bridgehead atoms. The molecule has 2 aliphatic carbocycles. The molecule has 120 valence electrons. The van der Waals surface area contributed by atoms with E-state index < -0.39 is 17.8 Å². The van der Waals surface area contributed by atoms with E-state index in [0.717, 1.165) is 6.42 Å². The number of aliphatic carboxylic acids is 1. The molecule has 0 radical (unpaired) electrons. The normalized spacial score (nSPS) is 27.7. The predicted molar refractivity (Wildman–Crippen MR) is 83.8 cm³/mol. The molecule has 6 nitrogen and oxygen atoms in total. The number of hydrogen-bond acceptors (Lipinski definition) is 3. The minimum Gasteiger partial charge on any atom is -0.481 e. The fraction of sp³-hybridized carbons (Fsp3) is 0.353. The van der Waals surface area contributed by atoms with Gasteiger partial charge in [0, 0.05) is 18.3 Å². The molecular formula is C17H18N2O4. The van der Waals surface area contributed by atoms with Crippen LogP contribution < -0.4 is 10.6 Å². The van der Waals surface area contributed by atoms with Gasteiger partial charge >= 0.3 is 5.97 Å². The van der Waals surface area contributed by atoms with Gasteiger partial charge in [-0.15, -0.1) is 0 Å². The smallest absolute Gasteiger partial charge is 0.307 e. The third kappa shape index (κ3) is 2.72. The van der Waals surface area contributed by atoms with E-state index in [1.807, 2.05) is 12.2 Å². The molecule has 0 aliphatic heterocycles. The van der Waals surface area contributed by atoms with Gasteiger partial charge in [-0.1, -0.05) is 12.2 Å². The van der Waals surface area contributed by atoms with Crippen molar-refractivity contribution in [1.29, 1.82) is 0 Å². The van der Waals surface area contributed by atoms with E-state index in [1.165, 1.54) is 0 Å². The van der Waals surface area contributed by atoms with Crippen LogP contribution in [0, 0.1) is 23.7 Å². The quantitative estimate of drug-likeness (QED) is 0.734. The average molecular weight is 314 g/mol. The Hall–Kier alpha value is -2.63. The summed E-state index contributed by atoms with van der Waals surface area (Å²) in [4.78, 5) is 35.4. The summed E-state index contributed by atoms with van der Waals surface area (Å²) in [6.07, 6.45) is 4.58. The molecule has 1 saturated carbocycles. The summed E-state index contributed by atoms with van der Waals surface area (Å²) >= 11 is 0. The maximum absolute atomic E-state index is 12.5. The number of amides is 2. The van der Waals surface area contributed by atoms with Gasteiger partial charge in [-0.25, -0.2) is 0 Å². The number of carboxylic acids is 1. The molecule has 1 fully saturated rings. The van der Waals surface area contributed by atoms with Gasteiger partial charge in [0.15, 0.2) is 0 Å². The number of allylic oxidation sites excluding steroid dienone is 2. The number of nitrogens with one attached hydrogen (secondary N) is 2. The van der Waals surface area contributed by atoms with Gasteiger partial charge in [-0.05, 0) is 42.5 Å². The molecule has 2 amide bonds. The molecule has 0 spiro atoms. The highest BCUT2D eigenvalue weighted by Gasteiger charge is 2.51. The van der Waals surface area contributed by atoms with E-state index in [-0.39, 0.29) is 23.7 Å². The van der Waals surface area contributed by atoms with Crippen molar-refractivity contribution in [2.45, 2.75) is 6.42 Å². The van der Waals surface area contributed by atoms with Crippen LogP contribution in [-0.4, -0.2) is 29.9 Å². The van der Waals surface area contributed by atoms with E-state index in [0.29, 0.717) is 11.3 Å². The second kappa shape index (κ2) is 5.87. The van der Waals surface area contributed by atoms with Crippen LogP contribution >= 0.6 is 0 Å². The summed E-state index contributed by atoms with van der Waals surface area (Å²) in [6, 6.07) is 6.51. The van der Waals surface area contributed by atoms with Gasteiger partial charge < -0.3 is 15.7 Å². The molecule has 3 N–H and O–H groups in total. The van der Waals surface area contributed by atoms with Crippen LogP contribution in [0.25, 0.3) is 0 Å². The summed E-state index contributed by atoms with van der Waals surface area (Å²) in [5.74, 6) is -2.66. The molecule has 3 rings (SSSR count). The van der Waals surface area contributed by atoms with Gasteiger partial charge in [0.2, 0.25) is 5.91 Å². The fourth-order valence-electron chi connectivity index (χ4n) is 3.59. The molecule has 4 atom stereocenters. The van der Waals surface area contributed by atoms with Gasteiger partial charge in [-0.2, -0.15) is 0 Å². The van der Waals surface area contributed by atoms with Crippen LogP contribution in [-0.2, 0) is 9.59 Å². The molecular weight excluding hydrogens is 296 g/mol. The topological polar surface area (TPSA) is 95.5 Å². The number of carbonyl (C=O) groups excluding carboxylic acids is 2. The lowest BCUT2D eigenvalue weighted by Crippen LogP contribution is -2.36.